The van der Waals surface area contributed by atoms with E-state index in [0.717, 1.165) is 138 Å². The summed E-state index contributed by atoms with van der Waals surface area (Å²) < 4.78 is 36.7. The summed E-state index contributed by atoms with van der Waals surface area (Å²) in [6.07, 6.45) is 2.47. The van der Waals surface area contributed by atoms with Gasteiger partial charge < -0.3 is 43.3 Å². The van der Waals surface area contributed by atoms with E-state index in [2.05, 4.69) is 140 Å². The Bertz CT molecular complexity index is 3280. The largest absolute Gasteiger partial charge is 0.497 e. The van der Waals surface area contributed by atoms with Crippen molar-refractivity contribution in [1.29, 1.82) is 0 Å². The van der Waals surface area contributed by atoms with Crippen molar-refractivity contribution in [2.45, 2.75) is 57.3 Å². The maximum Gasteiger partial charge on any atom is 0.150 e. The molecule has 390 valence electrons. The van der Waals surface area contributed by atoms with Crippen LogP contribution in [0.15, 0.2) is 182 Å². The Kier molecular flexibility index (Phi) is 13.7. The zero-order valence-electron chi connectivity index (χ0n) is 44.9. The molecule has 1 fully saturated rings. The topological polar surface area (TPSA) is 99.9 Å². The zero-order valence-corrected chi connectivity index (χ0v) is 44.9. The second-order valence-corrected chi connectivity index (χ2v) is 20.6. The third-order valence-electron chi connectivity index (χ3n) is 15.0. The van der Waals surface area contributed by atoms with Crippen molar-refractivity contribution in [2.75, 3.05) is 52.0 Å². The minimum absolute atomic E-state index is 0.294. The smallest absolute Gasteiger partial charge is 0.150 e. The highest BCUT2D eigenvalue weighted by molar-refractivity contribution is 5.91. The molecule has 0 radical (unpaired) electrons. The predicted octanol–water partition coefficient (Wildman–Crippen LogP) is 15.5. The number of ether oxygens (including phenoxy) is 6. The van der Waals surface area contributed by atoms with Gasteiger partial charge >= 0.3 is 0 Å². The number of hydrogen-bond donors (Lipinski definition) is 1. The van der Waals surface area contributed by atoms with Gasteiger partial charge in [0.05, 0.1) is 46.9 Å². The van der Waals surface area contributed by atoms with E-state index < -0.39 is 5.60 Å². The normalized spacial score (nSPS) is 14.5. The Balaban J connectivity index is 1.19. The molecule has 11 rings (SSSR count). The highest BCUT2D eigenvalue weighted by atomic mass is 16.5. The molecule has 0 saturated carbocycles. The van der Waals surface area contributed by atoms with Gasteiger partial charge in [-0.05, 0) is 193 Å². The summed E-state index contributed by atoms with van der Waals surface area (Å²) in [6, 6.07) is 61.8. The predicted molar refractivity (Wildman–Crippen MR) is 307 cm³/mol. The molecule has 2 heterocycles. The third-order valence-corrected chi connectivity index (χ3v) is 15.0. The molecule has 11 nitrogen and oxygen atoms in total. The number of aromatic nitrogens is 2. The Morgan fingerprint density at radius 1 is 0.481 bits per heavy atom. The molecule has 9 aromatic rings. The molecule has 1 aliphatic heterocycles. The molecule has 0 bridgehead atoms. The number of anilines is 6. The van der Waals surface area contributed by atoms with Crippen molar-refractivity contribution < 1.29 is 33.5 Å². The van der Waals surface area contributed by atoms with Gasteiger partial charge in [-0.15, -0.1) is 0 Å². The maximum absolute atomic E-state index is 15.0. The van der Waals surface area contributed by atoms with Crippen LogP contribution in [0.3, 0.4) is 0 Å². The first-order valence-corrected chi connectivity index (χ1v) is 26.1. The van der Waals surface area contributed by atoms with Crippen LogP contribution in [0.4, 0.5) is 34.1 Å². The summed E-state index contributed by atoms with van der Waals surface area (Å²) in [7, 11) is 8.36. The summed E-state index contributed by atoms with van der Waals surface area (Å²) >= 11 is 0. The molecule has 1 unspecified atom stereocenters. The van der Waals surface area contributed by atoms with Gasteiger partial charge in [-0.1, -0.05) is 51.1 Å². The van der Waals surface area contributed by atoms with Crippen molar-refractivity contribution >= 4 is 34.1 Å². The van der Waals surface area contributed by atoms with Gasteiger partial charge in [0.1, 0.15) is 34.3 Å². The molecule has 1 atom stereocenters. The lowest BCUT2D eigenvalue weighted by Gasteiger charge is -2.34. The van der Waals surface area contributed by atoms with E-state index in [1.165, 1.54) is 0 Å². The molecule has 1 N–H and O–H groups in total. The standard InChI is InChI=1S/C66H64N4O7/c1-65(2,3)44-14-35-58(63-42-62(43-12-25-51(72-4)26-13-43)67-70(63)64-11-9-10-38-77-64)59(39-44)66(71)60-40-49(68(45-15-27-52(73-5)28-16-45)46-17-29-53(74-6)30-18-46)23-36-56(60)57-37-24-50(41-61(57)66)69(47-19-31-54(75-7)32-20-47)48-21-33-55(76-8)34-22-48/h12-37,39-42,64,71H,9-11,38H2,1-8H3. The number of benzene rings is 8. The molecule has 8 aromatic carbocycles. The first kappa shape index (κ1) is 50.6. The van der Waals surface area contributed by atoms with E-state index in [9.17, 15) is 5.11 Å². The van der Waals surface area contributed by atoms with Crippen LogP contribution in [0, 0.1) is 0 Å². The molecule has 1 aliphatic carbocycles. The quantitative estimate of drug-likeness (QED) is 0.107. The second kappa shape index (κ2) is 20.9. The molecule has 1 aromatic heterocycles. The average Bonchev–Trinajstić information content (AvgIpc) is 4.22. The van der Waals surface area contributed by atoms with Crippen LogP contribution >= 0.6 is 0 Å². The van der Waals surface area contributed by atoms with Gasteiger partial charge in [0.25, 0.3) is 0 Å². The minimum Gasteiger partial charge on any atom is -0.497 e. The van der Waals surface area contributed by atoms with Gasteiger partial charge in [-0.25, -0.2) is 4.68 Å². The lowest BCUT2D eigenvalue weighted by molar-refractivity contribution is -0.0382. The van der Waals surface area contributed by atoms with Crippen molar-refractivity contribution in [1.82, 2.24) is 9.78 Å². The SMILES string of the molecule is COc1ccc(-c2cc(-c3ccc(C(C)(C)C)cc3C3(O)c4cc(N(c5ccc(OC)cc5)c5ccc(OC)cc5)ccc4-c4ccc(N(c5ccc(OC)cc5)c5ccc(OC)cc5)cc43)n(C3CCCCO3)n2)cc1. The van der Waals surface area contributed by atoms with Crippen LogP contribution in [0.25, 0.3) is 33.6 Å². The molecule has 11 heteroatoms. The maximum atomic E-state index is 15.0. The van der Waals surface area contributed by atoms with Crippen LogP contribution in [0.5, 0.6) is 28.7 Å². The van der Waals surface area contributed by atoms with E-state index in [1.54, 1.807) is 35.5 Å². The van der Waals surface area contributed by atoms with Crippen molar-refractivity contribution in [2.24, 2.45) is 0 Å². The lowest BCUT2D eigenvalue weighted by atomic mass is 9.77. The first-order valence-electron chi connectivity index (χ1n) is 26.1. The molecule has 0 spiro atoms. The number of nitrogens with zero attached hydrogens (tertiary/aromatic N) is 4. The fourth-order valence-electron chi connectivity index (χ4n) is 10.8. The molecule has 1 saturated heterocycles. The fourth-order valence-corrected chi connectivity index (χ4v) is 10.8. The average molecular weight is 1030 g/mol. The Labute approximate surface area is 451 Å². The van der Waals surface area contributed by atoms with Crippen LogP contribution < -0.4 is 33.5 Å². The summed E-state index contributed by atoms with van der Waals surface area (Å²) in [4.78, 5) is 4.40. The summed E-state index contributed by atoms with van der Waals surface area (Å²) in [5, 5.41) is 20.3. The molecule has 0 amide bonds. The first-order chi connectivity index (χ1) is 37.4. The van der Waals surface area contributed by atoms with Crippen molar-refractivity contribution in [3.63, 3.8) is 0 Å². The van der Waals surface area contributed by atoms with Gasteiger partial charge in [0.2, 0.25) is 0 Å². The van der Waals surface area contributed by atoms with Gasteiger partial charge in [-0.2, -0.15) is 5.10 Å². The number of methoxy groups -OCH3 is 5. The van der Waals surface area contributed by atoms with Gasteiger partial charge in [0, 0.05) is 68.5 Å². The van der Waals surface area contributed by atoms with Crippen LogP contribution in [0.1, 0.15) is 68.5 Å². The van der Waals surface area contributed by atoms with E-state index in [-0.39, 0.29) is 11.6 Å². The second-order valence-electron chi connectivity index (χ2n) is 20.6. The zero-order chi connectivity index (χ0) is 53.4. The fraction of sp³-hybridized carbons (Fsp3) is 0.227. The van der Waals surface area contributed by atoms with Crippen LogP contribution in [-0.2, 0) is 15.8 Å². The highest BCUT2D eigenvalue weighted by Crippen LogP contribution is 2.57. The van der Waals surface area contributed by atoms with Crippen molar-refractivity contribution in [3.05, 3.63) is 204 Å². The van der Waals surface area contributed by atoms with E-state index >= 15 is 0 Å². The van der Waals surface area contributed by atoms with E-state index in [4.69, 9.17) is 33.5 Å². The Morgan fingerprint density at radius 2 is 0.870 bits per heavy atom. The molecular weight excluding hydrogens is 961 g/mol. The van der Waals surface area contributed by atoms with Gasteiger partial charge in [0.15, 0.2) is 6.23 Å². The van der Waals surface area contributed by atoms with Crippen LogP contribution in [-0.4, -0.2) is 57.0 Å². The molecule has 77 heavy (non-hydrogen) atoms. The van der Waals surface area contributed by atoms with Gasteiger partial charge in [-0.3, -0.25) is 0 Å². The highest BCUT2D eigenvalue weighted by Gasteiger charge is 2.46. The number of hydrogen-bond acceptors (Lipinski definition) is 10. The summed E-state index contributed by atoms with van der Waals surface area (Å²) in [5.41, 5.74) is 11.8. The number of aliphatic hydroxyl groups is 1. The minimum atomic E-state index is -1.76. The summed E-state index contributed by atoms with van der Waals surface area (Å²) in [5.74, 6) is 3.75. The monoisotopic (exact) mass is 1020 g/mol. The molecule has 2 aliphatic rings. The number of fused-ring (bicyclic) bond motifs is 3. The summed E-state index contributed by atoms with van der Waals surface area (Å²) in [6.45, 7) is 7.28. The van der Waals surface area contributed by atoms with Crippen molar-refractivity contribution in [3.8, 4) is 62.4 Å². The number of rotatable bonds is 15. The Morgan fingerprint density at radius 3 is 1.26 bits per heavy atom. The Hall–Kier alpha value is -8.51. The van der Waals surface area contributed by atoms with E-state index in [0.29, 0.717) is 6.61 Å². The third kappa shape index (κ3) is 9.51. The van der Waals surface area contributed by atoms with Crippen LogP contribution in [0.2, 0.25) is 0 Å². The lowest BCUT2D eigenvalue weighted by Crippen LogP contribution is -2.29. The molecular formula is C66H64N4O7. The van der Waals surface area contributed by atoms with E-state index in [1.807, 2.05) is 77.5 Å².